The smallest absolute Gasteiger partial charge is 0.349 e. The number of hydrogen-bond donors (Lipinski definition) is 0. The van der Waals surface area contributed by atoms with Gasteiger partial charge in [0, 0.05) is 0 Å². The van der Waals surface area contributed by atoms with Crippen LogP contribution >= 0.6 is 31.9 Å². The quantitative estimate of drug-likeness (QED) is 0.395. The van der Waals surface area contributed by atoms with E-state index in [4.69, 9.17) is 14.7 Å². The van der Waals surface area contributed by atoms with Crippen molar-refractivity contribution in [3.8, 4) is 17.6 Å². The summed E-state index contributed by atoms with van der Waals surface area (Å²) >= 11 is 6.58. The third kappa shape index (κ3) is 4.19. The van der Waals surface area contributed by atoms with Crippen molar-refractivity contribution in [3.05, 3.63) is 69.1 Å². The minimum Gasteiger partial charge on any atom is -0.482 e. The zero-order chi connectivity index (χ0) is 17.8. The van der Waals surface area contributed by atoms with Gasteiger partial charge in [-0.25, -0.2) is 4.79 Å². The van der Waals surface area contributed by atoms with Crippen LogP contribution in [0, 0.1) is 11.3 Å². The van der Waals surface area contributed by atoms with Crippen LogP contribution < -0.4 is 9.47 Å². The molecule has 0 saturated carbocycles. The van der Waals surface area contributed by atoms with Crippen LogP contribution in [0.4, 0.5) is 0 Å². The first-order valence-electron chi connectivity index (χ1n) is 7.28. The molecule has 3 rings (SSSR count). The molecule has 124 valence electrons. The van der Waals surface area contributed by atoms with E-state index >= 15 is 0 Å². The molecule has 0 aliphatic rings. The number of nitriles is 1. The van der Waals surface area contributed by atoms with E-state index in [1.54, 1.807) is 12.1 Å². The van der Waals surface area contributed by atoms with Crippen LogP contribution in [-0.4, -0.2) is 12.6 Å². The summed E-state index contributed by atoms with van der Waals surface area (Å²) in [5.74, 6) is 0.360. The van der Waals surface area contributed by atoms with E-state index in [-0.39, 0.29) is 6.61 Å². The molecule has 6 heteroatoms. The van der Waals surface area contributed by atoms with Gasteiger partial charge in [0.1, 0.15) is 5.75 Å². The van der Waals surface area contributed by atoms with Crippen LogP contribution in [-0.2, 0) is 4.79 Å². The fourth-order valence-electron chi connectivity index (χ4n) is 2.26. The van der Waals surface area contributed by atoms with Crippen LogP contribution in [0.25, 0.3) is 10.8 Å². The summed E-state index contributed by atoms with van der Waals surface area (Å²) in [6.07, 6.45) is 0. The molecule has 0 aromatic heterocycles. The van der Waals surface area contributed by atoms with Crippen molar-refractivity contribution in [2.45, 2.75) is 0 Å². The van der Waals surface area contributed by atoms with Crippen LogP contribution in [0.15, 0.2) is 63.5 Å². The molecule has 0 spiro atoms. The van der Waals surface area contributed by atoms with Crippen LogP contribution in [0.1, 0.15) is 5.56 Å². The number of halogens is 2. The van der Waals surface area contributed by atoms with Gasteiger partial charge in [-0.05, 0) is 66.9 Å². The fourth-order valence-corrected chi connectivity index (χ4v) is 3.61. The van der Waals surface area contributed by atoms with Gasteiger partial charge >= 0.3 is 5.97 Å². The Labute approximate surface area is 161 Å². The Balaban J connectivity index is 1.67. The molecule has 0 fully saturated rings. The Morgan fingerprint density at radius 2 is 1.68 bits per heavy atom. The molecule has 0 aliphatic carbocycles. The van der Waals surface area contributed by atoms with Gasteiger partial charge in [0.15, 0.2) is 12.4 Å². The SMILES string of the molecule is N#Cc1cc(Br)c(OC(=O)COc2ccc3ccccc3c2)c(Br)c1. The predicted octanol–water partition coefficient (Wildman–Crippen LogP) is 5.22. The number of esters is 1. The minimum atomic E-state index is -0.542. The molecular formula is C19H11Br2NO3. The maximum Gasteiger partial charge on any atom is 0.349 e. The van der Waals surface area contributed by atoms with E-state index in [0.29, 0.717) is 26.0 Å². The summed E-state index contributed by atoms with van der Waals surface area (Å²) in [5, 5.41) is 11.1. The van der Waals surface area contributed by atoms with Crippen molar-refractivity contribution < 1.29 is 14.3 Å². The van der Waals surface area contributed by atoms with E-state index in [0.717, 1.165) is 10.8 Å². The van der Waals surface area contributed by atoms with Gasteiger partial charge in [0.2, 0.25) is 0 Å². The number of fused-ring (bicyclic) bond motifs is 1. The number of ether oxygens (including phenoxy) is 2. The molecule has 0 unspecified atom stereocenters. The average molecular weight is 461 g/mol. The Morgan fingerprint density at radius 3 is 2.36 bits per heavy atom. The molecule has 0 saturated heterocycles. The molecule has 0 bridgehead atoms. The topological polar surface area (TPSA) is 59.3 Å². The van der Waals surface area contributed by atoms with Crippen molar-refractivity contribution >= 4 is 48.6 Å². The first-order chi connectivity index (χ1) is 12.1. The van der Waals surface area contributed by atoms with Gasteiger partial charge < -0.3 is 9.47 Å². The lowest BCUT2D eigenvalue weighted by molar-refractivity contribution is -0.136. The molecule has 3 aromatic carbocycles. The lowest BCUT2D eigenvalue weighted by Gasteiger charge is -2.10. The average Bonchev–Trinajstić information content (AvgIpc) is 2.62. The number of benzene rings is 3. The van der Waals surface area contributed by atoms with Gasteiger partial charge in [-0.3, -0.25) is 0 Å². The second kappa shape index (κ2) is 7.68. The maximum atomic E-state index is 12.1. The Kier molecular flexibility index (Phi) is 5.37. The van der Waals surface area contributed by atoms with Crippen molar-refractivity contribution in [2.75, 3.05) is 6.61 Å². The van der Waals surface area contributed by atoms with E-state index in [9.17, 15) is 4.79 Å². The molecule has 0 heterocycles. The summed E-state index contributed by atoms with van der Waals surface area (Å²) < 4.78 is 11.9. The van der Waals surface area contributed by atoms with Gasteiger partial charge in [0.05, 0.1) is 20.6 Å². The lowest BCUT2D eigenvalue weighted by Crippen LogP contribution is -2.18. The molecular weight excluding hydrogens is 450 g/mol. The summed E-state index contributed by atoms with van der Waals surface area (Å²) in [5.41, 5.74) is 0.450. The van der Waals surface area contributed by atoms with Crippen molar-refractivity contribution in [1.82, 2.24) is 0 Å². The largest absolute Gasteiger partial charge is 0.482 e. The summed E-state index contributed by atoms with van der Waals surface area (Å²) in [7, 11) is 0. The van der Waals surface area contributed by atoms with Crippen molar-refractivity contribution in [2.24, 2.45) is 0 Å². The monoisotopic (exact) mass is 459 g/mol. The summed E-state index contributed by atoms with van der Waals surface area (Å²) in [6.45, 7) is -0.225. The molecule has 0 atom stereocenters. The number of carbonyl (C=O) groups is 1. The molecule has 25 heavy (non-hydrogen) atoms. The van der Waals surface area contributed by atoms with Gasteiger partial charge in [-0.1, -0.05) is 30.3 Å². The van der Waals surface area contributed by atoms with E-state index in [1.807, 2.05) is 48.5 Å². The second-order valence-electron chi connectivity index (χ2n) is 5.15. The highest BCUT2D eigenvalue weighted by molar-refractivity contribution is 9.11. The minimum absolute atomic E-state index is 0.225. The summed E-state index contributed by atoms with van der Waals surface area (Å²) in [6, 6.07) is 18.7. The molecule has 0 aliphatic heterocycles. The zero-order valence-corrected chi connectivity index (χ0v) is 16.0. The maximum absolute atomic E-state index is 12.1. The third-order valence-electron chi connectivity index (χ3n) is 3.42. The lowest BCUT2D eigenvalue weighted by atomic mass is 10.1. The standard InChI is InChI=1S/C19H11Br2NO3/c20-16-7-12(10-22)8-17(21)19(16)25-18(23)11-24-15-6-5-13-3-1-2-4-14(13)9-15/h1-9H,11H2. The Morgan fingerprint density at radius 1 is 1.00 bits per heavy atom. The van der Waals surface area contributed by atoms with Crippen molar-refractivity contribution in [1.29, 1.82) is 5.26 Å². The number of hydrogen-bond acceptors (Lipinski definition) is 4. The number of carbonyl (C=O) groups excluding carboxylic acids is 1. The second-order valence-corrected chi connectivity index (χ2v) is 6.86. The van der Waals surface area contributed by atoms with E-state index in [1.165, 1.54) is 0 Å². The highest BCUT2D eigenvalue weighted by atomic mass is 79.9. The molecule has 0 N–H and O–H groups in total. The first-order valence-corrected chi connectivity index (χ1v) is 8.87. The fraction of sp³-hybridized carbons (Fsp3) is 0.0526. The number of rotatable bonds is 4. The highest BCUT2D eigenvalue weighted by Gasteiger charge is 2.14. The molecule has 4 nitrogen and oxygen atoms in total. The molecule has 0 amide bonds. The van der Waals surface area contributed by atoms with Crippen LogP contribution in [0.5, 0.6) is 11.5 Å². The number of nitrogens with zero attached hydrogens (tertiary/aromatic N) is 1. The predicted molar refractivity (Wildman–Crippen MR) is 102 cm³/mol. The Hall–Kier alpha value is -2.36. The van der Waals surface area contributed by atoms with E-state index < -0.39 is 5.97 Å². The van der Waals surface area contributed by atoms with Crippen LogP contribution in [0.2, 0.25) is 0 Å². The van der Waals surface area contributed by atoms with Gasteiger partial charge in [-0.15, -0.1) is 0 Å². The van der Waals surface area contributed by atoms with Gasteiger partial charge in [-0.2, -0.15) is 5.26 Å². The highest BCUT2D eigenvalue weighted by Crippen LogP contribution is 2.34. The van der Waals surface area contributed by atoms with Crippen molar-refractivity contribution in [3.63, 3.8) is 0 Å². The third-order valence-corrected chi connectivity index (χ3v) is 4.60. The normalized spacial score (nSPS) is 10.3. The molecule has 3 aromatic rings. The molecule has 0 radical (unpaired) electrons. The van der Waals surface area contributed by atoms with Crippen LogP contribution in [0.3, 0.4) is 0 Å². The summed E-state index contributed by atoms with van der Waals surface area (Å²) in [4.78, 5) is 12.1. The first kappa shape index (κ1) is 17.5. The zero-order valence-electron chi connectivity index (χ0n) is 12.8. The van der Waals surface area contributed by atoms with Gasteiger partial charge in [0.25, 0.3) is 0 Å². The van der Waals surface area contributed by atoms with E-state index in [2.05, 4.69) is 31.9 Å². The Bertz CT molecular complexity index is 972.